The molecule has 0 bridgehead atoms. The van der Waals surface area contributed by atoms with E-state index in [0.717, 1.165) is 12.8 Å². The van der Waals surface area contributed by atoms with Gasteiger partial charge in [-0.05, 0) is 26.2 Å². The predicted octanol–water partition coefficient (Wildman–Crippen LogP) is 2.19. The summed E-state index contributed by atoms with van der Waals surface area (Å²) in [5.41, 5.74) is 6.55. The average molecular weight is 171 g/mol. The minimum absolute atomic E-state index is 0.255. The Morgan fingerprint density at radius 2 is 2.08 bits per heavy atom. The van der Waals surface area contributed by atoms with Gasteiger partial charge in [-0.3, -0.25) is 0 Å². The summed E-state index contributed by atoms with van der Waals surface area (Å²) in [4.78, 5) is 10.5. The van der Waals surface area contributed by atoms with Crippen molar-refractivity contribution in [2.45, 2.75) is 46.1 Å². The van der Waals surface area contributed by atoms with E-state index in [1.165, 1.54) is 0 Å². The second kappa shape index (κ2) is 4.33. The molecule has 0 aromatic heterocycles. The Morgan fingerprint density at radius 1 is 1.58 bits per heavy atom. The lowest BCUT2D eigenvalue weighted by atomic mass is 9.86. The molecular formula is C9H19N2O. The summed E-state index contributed by atoms with van der Waals surface area (Å²) in [5.74, 6) is 0.414. The van der Waals surface area contributed by atoms with Crippen molar-refractivity contribution in [3.05, 3.63) is 0 Å². The van der Waals surface area contributed by atoms with Crippen LogP contribution in [0.4, 0.5) is 4.79 Å². The van der Waals surface area contributed by atoms with E-state index < -0.39 is 6.03 Å². The monoisotopic (exact) mass is 171 g/mol. The van der Waals surface area contributed by atoms with E-state index in [1.807, 2.05) is 13.8 Å². The van der Waals surface area contributed by atoms with Gasteiger partial charge in [0, 0.05) is 5.54 Å². The van der Waals surface area contributed by atoms with Crippen LogP contribution in [0.5, 0.6) is 0 Å². The largest absolute Gasteiger partial charge is 0.333 e. The van der Waals surface area contributed by atoms with Gasteiger partial charge in [0.15, 0.2) is 0 Å². The molecular weight excluding hydrogens is 152 g/mol. The number of hydrogen-bond acceptors (Lipinski definition) is 1. The third-order valence-electron chi connectivity index (χ3n) is 2.39. The first-order chi connectivity index (χ1) is 5.40. The normalized spacial score (nSPS) is 14.0. The zero-order chi connectivity index (χ0) is 9.78. The summed E-state index contributed by atoms with van der Waals surface area (Å²) >= 11 is 0. The van der Waals surface area contributed by atoms with Gasteiger partial charge < -0.3 is 5.32 Å². The molecule has 0 aliphatic rings. The Bertz CT molecular complexity index is 155. The van der Waals surface area contributed by atoms with Crippen molar-refractivity contribution >= 4 is 6.03 Å². The van der Waals surface area contributed by atoms with Crippen molar-refractivity contribution in [2.75, 3.05) is 0 Å². The van der Waals surface area contributed by atoms with Gasteiger partial charge in [0.2, 0.25) is 0 Å². The van der Waals surface area contributed by atoms with Gasteiger partial charge in [0.1, 0.15) is 0 Å². The predicted molar refractivity (Wildman–Crippen MR) is 49.8 cm³/mol. The fraction of sp³-hybridized carbons (Fsp3) is 0.889. The molecule has 0 aliphatic carbocycles. The van der Waals surface area contributed by atoms with Gasteiger partial charge in [0.05, 0.1) is 0 Å². The minimum atomic E-state index is -0.692. The molecule has 0 rings (SSSR count). The molecule has 1 unspecified atom stereocenters. The molecule has 12 heavy (non-hydrogen) atoms. The van der Waals surface area contributed by atoms with E-state index in [-0.39, 0.29) is 5.54 Å². The van der Waals surface area contributed by atoms with E-state index in [9.17, 15) is 4.79 Å². The number of carbonyl (C=O) groups is 1. The Morgan fingerprint density at radius 3 is 2.42 bits per heavy atom. The molecule has 0 aromatic carbocycles. The number of carbonyl (C=O) groups excluding carboxylic acids is 1. The molecule has 0 spiro atoms. The van der Waals surface area contributed by atoms with Crippen LogP contribution in [-0.2, 0) is 0 Å². The van der Waals surface area contributed by atoms with Crippen molar-refractivity contribution in [3.63, 3.8) is 0 Å². The number of rotatable bonds is 4. The summed E-state index contributed by atoms with van der Waals surface area (Å²) < 4.78 is 0. The SMILES string of the molecule is CCCC(C)C(C)(C)NC([NH])=O. The highest BCUT2D eigenvalue weighted by Gasteiger charge is 2.25. The number of amides is 2. The van der Waals surface area contributed by atoms with Gasteiger partial charge in [-0.15, -0.1) is 0 Å². The van der Waals surface area contributed by atoms with Gasteiger partial charge >= 0.3 is 6.03 Å². The molecule has 3 heteroatoms. The highest BCUT2D eigenvalue weighted by atomic mass is 16.2. The second-order valence-electron chi connectivity index (χ2n) is 3.87. The van der Waals surface area contributed by atoms with Gasteiger partial charge in [-0.2, -0.15) is 0 Å². The number of hydrogen-bond donors (Lipinski definition) is 1. The van der Waals surface area contributed by atoms with Crippen molar-refractivity contribution in [3.8, 4) is 0 Å². The molecule has 2 N–H and O–H groups in total. The summed E-state index contributed by atoms with van der Waals surface area (Å²) in [6.07, 6.45) is 2.19. The maximum Gasteiger partial charge on any atom is 0.333 e. The van der Waals surface area contributed by atoms with Crippen molar-refractivity contribution in [1.82, 2.24) is 11.1 Å². The Kier molecular flexibility index (Phi) is 4.07. The molecule has 2 amide bonds. The first kappa shape index (κ1) is 11.3. The third-order valence-corrected chi connectivity index (χ3v) is 2.39. The fourth-order valence-corrected chi connectivity index (χ4v) is 1.21. The molecule has 1 radical (unpaired) electrons. The van der Waals surface area contributed by atoms with Gasteiger partial charge in [0.25, 0.3) is 0 Å². The second-order valence-corrected chi connectivity index (χ2v) is 3.87. The number of nitrogens with one attached hydrogen (secondary N) is 2. The Labute approximate surface area is 74.7 Å². The summed E-state index contributed by atoms with van der Waals surface area (Å²) in [5, 5.41) is 2.63. The standard InChI is InChI=1S/C9H19N2O/c1-5-6-7(2)9(3,4)11-8(10)12/h7,10H,5-6H2,1-4H3,(H,11,12). The minimum Gasteiger partial charge on any atom is -0.332 e. The lowest BCUT2D eigenvalue weighted by Gasteiger charge is -2.31. The Balaban J connectivity index is 4.07. The maximum atomic E-state index is 10.5. The van der Waals surface area contributed by atoms with E-state index >= 15 is 0 Å². The van der Waals surface area contributed by atoms with E-state index in [0.29, 0.717) is 5.92 Å². The van der Waals surface area contributed by atoms with Crippen LogP contribution in [0.3, 0.4) is 0 Å². The van der Waals surface area contributed by atoms with Crippen LogP contribution in [0.1, 0.15) is 40.5 Å². The van der Waals surface area contributed by atoms with E-state index in [2.05, 4.69) is 19.2 Å². The number of urea groups is 1. The molecule has 0 heterocycles. The van der Waals surface area contributed by atoms with Gasteiger partial charge in [-0.25, -0.2) is 10.5 Å². The molecule has 0 aromatic rings. The highest BCUT2D eigenvalue weighted by Crippen LogP contribution is 2.20. The first-order valence-corrected chi connectivity index (χ1v) is 4.44. The van der Waals surface area contributed by atoms with Crippen LogP contribution in [0.25, 0.3) is 0 Å². The topological polar surface area (TPSA) is 52.9 Å². The van der Waals surface area contributed by atoms with Crippen LogP contribution in [0.15, 0.2) is 0 Å². The average Bonchev–Trinajstić information content (AvgIpc) is 1.85. The molecule has 3 nitrogen and oxygen atoms in total. The molecule has 0 fully saturated rings. The van der Waals surface area contributed by atoms with Crippen LogP contribution < -0.4 is 11.1 Å². The summed E-state index contributed by atoms with van der Waals surface area (Å²) in [6.45, 7) is 8.13. The van der Waals surface area contributed by atoms with Crippen molar-refractivity contribution < 1.29 is 4.79 Å². The van der Waals surface area contributed by atoms with E-state index in [4.69, 9.17) is 5.73 Å². The Hall–Kier alpha value is -0.730. The summed E-state index contributed by atoms with van der Waals surface area (Å²) in [7, 11) is 0. The molecule has 0 aliphatic heterocycles. The zero-order valence-electron chi connectivity index (χ0n) is 8.40. The lowest BCUT2D eigenvalue weighted by Crippen LogP contribution is -2.48. The zero-order valence-corrected chi connectivity index (χ0v) is 8.40. The van der Waals surface area contributed by atoms with Crippen molar-refractivity contribution in [2.24, 2.45) is 5.92 Å². The van der Waals surface area contributed by atoms with Crippen LogP contribution >= 0.6 is 0 Å². The molecule has 1 atom stereocenters. The molecule has 0 saturated carbocycles. The third kappa shape index (κ3) is 3.60. The molecule has 0 saturated heterocycles. The summed E-state index contributed by atoms with van der Waals surface area (Å²) in [6, 6.07) is -0.692. The van der Waals surface area contributed by atoms with Crippen molar-refractivity contribution in [1.29, 1.82) is 0 Å². The molecule has 71 valence electrons. The smallest absolute Gasteiger partial charge is 0.332 e. The van der Waals surface area contributed by atoms with Crippen LogP contribution in [0, 0.1) is 5.92 Å². The van der Waals surface area contributed by atoms with Crippen LogP contribution in [0.2, 0.25) is 0 Å². The quantitative estimate of drug-likeness (QED) is 0.692. The first-order valence-electron chi connectivity index (χ1n) is 4.44. The maximum absolute atomic E-state index is 10.5. The van der Waals surface area contributed by atoms with Gasteiger partial charge in [-0.1, -0.05) is 20.3 Å². The van der Waals surface area contributed by atoms with E-state index in [1.54, 1.807) is 0 Å². The fourth-order valence-electron chi connectivity index (χ4n) is 1.21. The highest BCUT2D eigenvalue weighted by molar-refractivity contribution is 5.71. The lowest BCUT2D eigenvalue weighted by molar-refractivity contribution is 0.217. The van der Waals surface area contributed by atoms with Crippen LogP contribution in [-0.4, -0.2) is 11.6 Å².